The SMILES string of the molecule is C[C@H](C(c1ccccc1)N1CCCCC1)[N+](=O)[O-]. The Morgan fingerprint density at radius 3 is 2.33 bits per heavy atom. The summed E-state index contributed by atoms with van der Waals surface area (Å²) in [6, 6.07) is 9.20. The molecule has 0 spiro atoms. The molecular formula is C14H20N2O2. The molecule has 0 aromatic heterocycles. The van der Waals surface area contributed by atoms with Crippen molar-refractivity contribution in [3.63, 3.8) is 0 Å². The molecule has 1 heterocycles. The first-order valence-corrected chi connectivity index (χ1v) is 6.62. The maximum Gasteiger partial charge on any atom is 0.229 e. The fourth-order valence-electron chi connectivity index (χ4n) is 2.76. The van der Waals surface area contributed by atoms with Crippen molar-refractivity contribution < 1.29 is 4.92 Å². The molecule has 18 heavy (non-hydrogen) atoms. The third-order valence-electron chi connectivity index (χ3n) is 3.71. The molecule has 4 nitrogen and oxygen atoms in total. The molecule has 1 aliphatic heterocycles. The number of hydrogen-bond donors (Lipinski definition) is 0. The summed E-state index contributed by atoms with van der Waals surface area (Å²) >= 11 is 0. The van der Waals surface area contributed by atoms with Gasteiger partial charge in [0.1, 0.15) is 6.04 Å². The van der Waals surface area contributed by atoms with Crippen LogP contribution in [0, 0.1) is 10.1 Å². The second-order valence-corrected chi connectivity index (χ2v) is 4.98. The minimum atomic E-state index is -0.564. The van der Waals surface area contributed by atoms with Crippen molar-refractivity contribution in [2.24, 2.45) is 0 Å². The van der Waals surface area contributed by atoms with E-state index in [1.54, 1.807) is 6.92 Å². The molecule has 1 fully saturated rings. The van der Waals surface area contributed by atoms with Crippen LogP contribution in [0.2, 0.25) is 0 Å². The number of likely N-dealkylation sites (tertiary alicyclic amines) is 1. The molecule has 4 heteroatoms. The van der Waals surface area contributed by atoms with Crippen molar-refractivity contribution in [2.75, 3.05) is 13.1 Å². The van der Waals surface area contributed by atoms with Crippen molar-refractivity contribution in [2.45, 2.75) is 38.3 Å². The Labute approximate surface area is 108 Å². The molecule has 0 saturated carbocycles. The van der Waals surface area contributed by atoms with Gasteiger partial charge in [0, 0.05) is 11.8 Å². The Balaban J connectivity index is 2.25. The Kier molecular flexibility index (Phi) is 4.31. The number of nitro groups is 1. The van der Waals surface area contributed by atoms with Gasteiger partial charge in [-0.15, -0.1) is 0 Å². The summed E-state index contributed by atoms with van der Waals surface area (Å²) in [6.07, 6.45) is 3.53. The lowest BCUT2D eigenvalue weighted by Crippen LogP contribution is -2.41. The Morgan fingerprint density at radius 1 is 1.17 bits per heavy atom. The van der Waals surface area contributed by atoms with E-state index in [-0.39, 0.29) is 11.0 Å². The summed E-state index contributed by atoms with van der Waals surface area (Å²) < 4.78 is 0. The highest BCUT2D eigenvalue weighted by molar-refractivity contribution is 5.20. The molecule has 2 atom stereocenters. The zero-order chi connectivity index (χ0) is 13.0. The van der Waals surface area contributed by atoms with E-state index in [1.807, 2.05) is 30.3 Å². The lowest BCUT2D eigenvalue weighted by atomic mass is 9.96. The van der Waals surface area contributed by atoms with Crippen LogP contribution in [0.1, 0.15) is 37.8 Å². The number of piperidine rings is 1. The van der Waals surface area contributed by atoms with Gasteiger partial charge in [-0.3, -0.25) is 15.0 Å². The van der Waals surface area contributed by atoms with Crippen LogP contribution in [0.15, 0.2) is 30.3 Å². The van der Waals surface area contributed by atoms with Gasteiger partial charge in [-0.05, 0) is 31.5 Å². The average Bonchev–Trinajstić information content (AvgIpc) is 2.41. The smallest absolute Gasteiger partial charge is 0.229 e. The van der Waals surface area contributed by atoms with Crippen molar-refractivity contribution in [1.82, 2.24) is 4.90 Å². The lowest BCUT2D eigenvalue weighted by molar-refractivity contribution is -0.527. The van der Waals surface area contributed by atoms with Crippen LogP contribution in [0.25, 0.3) is 0 Å². The topological polar surface area (TPSA) is 46.4 Å². The molecule has 1 saturated heterocycles. The number of nitrogens with zero attached hydrogens (tertiary/aromatic N) is 2. The fraction of sp³-hybridized carbons (Fsp3) is 0.571. The minimum Gasteiger partial charge on any atom is -0.290 e. The molecule has 0 aliphatic carbocycles. The predicted molar refractivity (Wildman–Crippen MR) is 71.1 cm³/mol. The van der Waals surface area contributed by atoms with Gasteiger partial charge in [0.2, 0.25) is 6.04 Å². The molecule has 0 radical (unpaired) electrons. The van der Waals surface area contributed by atoms with Gasteiger partial charge in [-0.1, -0.05) is 36.8 Å². The van der Waals surface area contributed by atoms with Crippen molar-refractivity contribution in [3.05, 3.63) is 46.0 Å². The summed E-state index contributed by atoms with van der Waals surface area (Å²) in [7, 11) is 0. The average molecular weight is 248 g/mol. The van der Waals surface area contributed by atoms with Crippen LogP contribution < -0.4 is 0 Å². The monoisotopic (exact) mass is 248 g/mol. The highest BCUT2D eigenvalue weighted by Gasteiger charge is 2.33. The lowest BCUT2D eigenvalue weighted by Gasteiger charge is -2.35. The molecular weight excluding hydrogens is 228 g/mol. The van der Waals surface area contributed by atoms with E-state index in [4.69, 9.17) is 0 Å². The van der Waals surface area contributed by atoms with E-state index in [2.05, 4.69) is 4.90 Å². The maximum atomic E-state index is 11.1. The zero-order valence-electron chi connectivity index (χ0n) is 10.8. The van der Waals surface area contributed by atoms with Gasteiger partial charge in [0.25, 0.3) is 0 Å². The van der Waals surface area contributed by atoms with Gasteiger partial charge < -0.3 is 0 Å². The van der Waals surface area contributed by atoms with Crippen LogP contribution in [-0.4, -0.2) is 29.0 Å². The number of rotatable bonds is 4. The predicted octanol–water partition coefficient (Wildman–Crippen LogP) is 2.88. The summed E-state index contributed by atoms with van der Waals surface area (Å²) in [5, 5.41) is 11.1. The molecule has 2 rings (SSSR count). The van der Waals surface area contributed by atoms with Gasteiger partial charge in [0.15, 0.2) is 0 Å². The Bertz CT molecular complexity index is 388. The summed E-state index contributed by atoms with van der Waals surface area (Å²) in [5.74, 6) is 0. The summed E-state index contributed by atoms with van der Waals surface area (Å²) in [4.78, 5) is 13.2. The van der Waals surface area contributed by atoms with Crippen LogP contribution in [-0.2, 0) is 0 Å². The first-order chi connectivity index (χ1) is 8.70. The van der Waals surface area contributed by atoms with Crippen molar-refractivity contribution in [1.29, 1.82) is 0 Å². The van der Waals surface area contributed by atoms with Crippen molar-refractivity contribution >= 4 is 0 Å². The van der Waals surface area contributed by atoms with Crippen molar-refractivity contribution in [3.8, 4) is 0 Å². The number of hydrogen-bond acceptors (Lipinski definition) is 3. The third kappa shape index (κ3) is 2.88. The van der Waals surface area contributed by atoms with E-state index < -0.39 is 6.04 Å². The summed E-state index contributed by atoms with van der Waals surface area (Å²) in [6.45, 7) is 3.65. The molecule has 1 aromatic carbocycles. The highest BCUT2D eigenvalue weighted by atomic mass is 16.6. The van der Waals surface area contributed by atoms with Crippen LogP contribution in [0.5, 0.6) is 0 Å². The maximum absolute atomic E-state index is 11.1. The van der Waals surface area contributed by atoms with Crippen LogP contribution >= 0.6 is 0 Å². The first-order valence-electron chi connectivity index (χ1n) is 6.62. The number of benzene rings is 1. The quantitative estimate of drug-likeness (QED) is 0.608. The van der Waals surface area contributed by atoms with Gasteiger partial charge in [-0.25, -0.2) is 0 Å². The van der Waals surface area contributed by atoms with Crippen LogP contribution in [0.3, 0.4) is 0 Å². The fourth-order valence-corrected chi connectivity index (χ4v) is 2.76. The standard InChI is InChI=1S/C14H20N2O2/c1-12(16(17)18)14(13-8-4-2-5-9-13)15-10-6-3-7-11-15/h2,4-5,8-9,12,14H,3,6-7,10-11H2,1H3/t12-,14?/m1/s1. The second-order valence-electron chi connectivity index (χ2n) is 4.98. The molecule has 98 valence electrons. The van der Waals surface area contributed by atoms with Gasteiger partial charge >= 0.3 is 0 Å². The van der Waals surface area contributed by atoms with E-state index in [1.165, 1.54) is 6.42 Å². The minimum absolute atomic E-state index is 0.0958. The van der Waals surface area contributed by atoms with E-state index in [0.29, 0.717) is 0 Å². The third-order valence-corrected chi connectivity index (χ3v) is 3.71. The normalized spacial score (nSPS) is 20.3. The molecule has 0 bridgehead atoms. The van der Waals surface area contributed by atoms with Crippen LogP contribution in [0.4, 0.5) is 0 Å². The van der Waals surface area contributed by atoms with Gasteiger partial charge in [-0.2, -0.15) is 0 Å². The molecule has 0 N–H and O–H groups in total. The van der Waals surface area contributed by atoms with Gasteiger partial charge in [0.05, 0.1) is 0 Å². The largest absolute Gasteiger partial charge is 0.290 e. The summed E-state index contributed by atoms with van der Waals surface area (Å²) in [5.41, 5.74) is 1.06. The molecule has 1 aromatic rings. The first kappa shape index (κ1) is 13.0. The highest BCUT2D eigenvalue weighted by Crippen LogP contribution is 2.28. The zero-order valence-corrected chi connectivity index (χ0v) is 10.8. The Hall–Kier alpha value is -1.42. The molecule has 0 amide bonds. The molecule has 1 aliphatic rings. The molecule has 1 unspecified atom stereocenters. The van der Waals surface area contributed by atoms with E-state index in [9.17, 15) is 10.1 Å². The Morgan fingerprint density at radius 2 is 1.78 bits per heavy atom. The van der Waals surface area contributed by atoms with E-state index >= 15 is 0 Å². The van der Waals surface area contributed by atoms with E-state index in [0.717, 1.165) is 31.5 Å². The second kappa shape index (κ2) is 5.96.